The van der Waals surface area contributed by atoms with Crippen molar-refractivity contribution in [3.8, 4) is 22.8 Å². The van der Waals surface area contributed by atoms with Crippen molar-refractivity contribution in [3.05, 3.63) is 42.3 Å². The van der Waals surface area contributed by atoms with Crippen molar-refractivity contribution in [3.63, 3.8) is 0 Å². The normalized spacial score (nSPS) is 19.1. The number of anilines is 1. The highest BCUT2D eigenvalue weighted by Crippen LogP contribution is 2.30. The molecule has 0 aromatic carbocycles. The lowest BCUT2D eigenvalue weighted by molar-refractivity contribution is -0.132. The van der Waals surface area contributed by atoms with E-state index in [9.17, 15) is 9.59 Å². The second-order valence-electron chi connectivity index (χ2n) is 9.14. The van der Waals surface area contributed by atoms with Crippen LogP contribution >= 0.6 is 0 Å². The summed E-state index contributed by atoms with van der Waals surface area (Å²) >= 11 is 0. The van der Waals surface area contributed by atoms with Gasteiger partial charge in [-0.15, -0.1) is 0 Å². The van der Waals surface area contributed by atoms with E-state index in [0.717, 1.165) is 25.9 Å². The highest BCUT2D eigenvalue weighted by atomic mass is 16.5. The lowest BCUT2D eigenvalue weighted by atomic mass is 10.0. The number of nitrogens with zero attached hydrogens (tertiary/aromatic N) is 6. The zero-order chi connectivity index (χ0) is 24.4. The fourth-order valence-corrected chi connectivity index (χ4v) is 4.60. The highest BCUT2D eigenvalue weighted by Gasteiger charge is 2.33. The average Bonchev–Trinajstić information content (AvgIpc) is 3.51. The van der Waals surface area contributed by atoms with Gasteiger partial charge < -0.3 is 19.6 Å². The number of carbonyl (C=O) groups is 2. The van der Waals surface area contributed by atoms with E-state index >= 15 is 0 Å². The molecule has 1 N–H and O–H groups in total. The molecule has 5 heterocycles. The van der Waals surface area contributed by atoms with Crippen molar-refractivity contribution in [2.24, 2.45) is 0 Å². The predicted octanol–water partition coefficient (Wildman–Crippen LogP) is 2.95. The van der Waals surface area contributed by atoms with E-state index in [4.69, 9.17) is 9.51 Å². The first-order chi connectivity index (χ1) is 17.0. The summed E-state index contributed by atoms with van der Waals surface area (Å²) in [5.41, 5.74) is 2.46. The molecule has 0 spiro atoms. The van der Waals surface area contributed by atoms with Crippen LogP contribution in [0.2, 0.25) is 0 Å². The van der Waals surface area contributed by atoms with Crippen LogP contribution in [0.4, 0.5) is 5.95 Å². The van der Waals surface area contributed by atoms with Crippen molar-refractivity contribution in [1.82, 2.24) is 29.9 Å². The summed E-state index contributed by atoms with van der Waals surface area (Å²) in [6, 6.07) is 8.71. The topological polar surface area (TPSA) is 117 Å². The van der Waals surface area contributed by atoms with Gasteiger partial charge in [0, 0.05) is 38.9 Å². The van der Waals surface area contributed by atoms with E-state index in [1.807, 2.05) is 30.0 Å². The molecule has 35 heavy (non-hydrogen) atoms. The maximum atomic E-state index is 12.8. The number of aromatic nitrogens is 4. The molecule has 0 saturated carbocycles. The zero-order valence-corrected chi connectivity index (χ0v) is 20.0. The van der Waals surface area contributed by atoms with Crippen LogP contribution in [0.1, 0.15) is 44.3 Å². The quantitative estimate of drug-likeness (QED) is 0.578. The molecule has 3 aromatic heterocycles. The monoisotopic (exact) mass is 475 g/mol. The Hall–Kier alpha value is -3.82. The Bertz CT molecular complexity index is 1220. The minimum absolute atomic E-state index is 0.0448. The predicted molar refractivity (Wildman–Crippen MR) is 129 cm³/mol. The molecule has 3 aromatic rings. The average molecular weight is 476 g/mol. The first-order valence-electron chi connectivity index (χ1n) is 12.1. The minimum atomic E-state index is -0.423. The van der Waals surface area contributed by atoms with Gasteiger partial charge in [-0.3, -0.25) is 9.59 Å². The molecule has 0 unspecified atom stereocenters. The van der Waals surface area contributed by atoms with E-state index in [0.29, 0.717) is 47.4 Å². The van der Waals surface area contributed by atoms with Gasteiger partial charge in [-0.25, -0.2) is 15.0 Å². The zero-order valence-electron chi connectivity index (χ0n) is 20.0. The molecular formula is C25H29N7O3. The lowest BCUT2D eigenvalue weighted by Crippen LogP contribution is -2.44. The van der Waals surface area contributed by atoms with E-state index in [1.165, 1.54) is 6.42 Å². The molecule has 2 aliphatic rings. The minimum Gasteiger partial charge on any atom is -0.360 e. The number of pyridine rings is 1. The summed E-state index contributed by atoms with van der Waals surface area (Å²) < 4.78 is 5.49. The first kappa shape index (κ1) is 22.9. The molecular weight excluding hydrogens is 446 g/mol. The number of piperidine rings is 1. The third-order valence-corrected chi connectivity index (χ3v) is 6.61. The molecule has 5 rings (SSSR count). The van der Waals surface area contributed by atoms with Gasteiger partial charge in [0.25, 0.3) is 0 Å². The van der Waals surface area contributed by atoms with Crippen molar-refractivity contribution in [2.75, 3.05) is 32.0 Å². The van der Waals surface area contributed by atoms with E-state index in [1.54, 1.807) is 30.3 Å². The van der Waals surface area contributed by atoms with Crippen molar-refractivity contribution < 1.29 is 14.1 Å². The van der Waals surface area contributed by atoms with E-state index in [-0.39, 0.29) is 17.7 Å². The van der Waals surface area contributed by atoms with Gasteiger partial charge >= 0.3 is 0 Å². The third-order valence-electron chi connectivity index (χ3n) is 6.61. The molecule has 10 heteroatoms. The summed E-state index contributed by atoms with van der Waals surface area (Å²) in [7, 11) is 1.79. The van der Waals surface area contributed by atoms with Gasteiger partial charge in [-0.05, 0) is 50.8 Å². The highest BCUT2D eigenvalue weighted by molar-refractivity contribution is 5.85. The van der Waals surface area contributed by atoms with Gasteiger partial charge in [0.1, 0.15) is 23.4 Å². The van der Waals surface area contributed by atoms with Gasteiger partial charge in [0.15, 0.2) is 0 Å². The maximum absolute atomic E-state index is 12.8. The smallest absolute Gasteiger partial charge is 0.244 e. The molecule has 2 aliphatic heterocycles. The van der Waals surface area contributed by atoms with Crippen LogP contribution in [-0.2, 0) is 9.59 Å². The van der Waals surface area contributed by atoms with Crippen LogP contribution in [0.25, 0.3) is 22.8 Å². The molecule has 10 nitrogen and oxygen atoms in total. The molecule has 182 valence electrons. The molecule has 2 amide bonds. The second kappa shape index (κ2) is 9.81. The van der Waals surface area contributed by atoms with Crippen molar-refractivity contribution in [2.45, 2.75) is 44.6 Å². The fraction of sp³-hybridized carbons (Fsp3) is 0.440. The standard InChI is InChI=1S/C25H29N7O3/c1-16(23(33)32-12-4-3-5-13-32)27-25-26-11-9-20(29-25)18-7-6-8-19(28-18)21-15-22(35-30-21)17-10-14-31(2)24(17)34/h6-9,11,15-17H,3-5,10,12-14H2,1-2H3,(H,26,27,29)/t16-,17-/m0/s1. The van der Waals surface area contributed by atoms with Gasteiger partial charge in [-0.2, -0.15) is 0 Å². The van der Waals surface area contributed by atoms with Crippen LogP contribution in [0.3, 0.4) is 0 Å². The van der Waals surface area contributed by atoms with Crippen LogP contribution < -0.4 is 5.32 Å². The number of likely N-dealkylation sites (tertiary alicyclic amines) is 2. The number of likely N-dealkylation sites (N-methyl/N-ethyl adjacent to an activating group) is 1. The Morgan fingerprint density at radius 3 is 2.54 bits per heavy atom. The molecule has 0 bridgehead atoms. The van der Waals surface area contributed by atoms with Gasteiger partial charge in [-0.1, -0.05) is 11.2 Å². The molecule has 2 saturated heterocycles. The van der Waals surface area contributed by atoms with Gasteiger partial charge in [0.05, 0.1) is 17.1 Å². The number of hydrogen-bond donors (Lipinski definition) is 1. The summed E-state index contributed by atoms with van der Waals surface area (Å²) in [4.78, 5) is 42.2. The Morgan fingerprint density at radius 1 is 1.06 bits per heavy atom. The third kappa shape index (κ3) is 4.87. The second-order valence-corrected chi connectivity index (χ2v) is 9.14. The number of nitrogens with one attached hydrogen (secondary N) is 1. The summed E-state index contributed by atoms with van der Waals surface area (Å²) in [5, 5.41) is 7.28. The SMILES string of the molecule is C[C@H](Nc1nccc(-c2cccc(-c3cc([C@@H]4CCN(C)C4=O)on3)n2)n1)C(=O)N1CCCCC1. The maximum Gasteiger partial charge on any atom is 0.244 e. The molecule has 0 aliphatic carbocycles. The van der Waals surface area contributed by atoms with Crippen LogP contribution in [0, 0.1) is 0 Å². The summed E-state index contributed by atoms with van der Waals surface area (Å²) in [6.07, 6.45) is 5.63. The largest absolute Gasteiger partial charge is 0.360 e. The summed E-state index contributed by atoms with van der Waals surface area (Å²) in [5.74, 6) is 0.744. The Kier molecular flexibility index (Phi) is 6.43. The van der Waals surface area contributed by atoms with Gasteiger partial charge in [0.2, 0.25) is 17.8 Å². The molecule has 2 atom stereocenters. The Balaban J connectivity index is 1.31. The van der Waals surface area contributed by atoms with Crippen LogP contribution in [0.5, 0.6) is 0 Å². The number of hydrogen-bond acceptors (Lipinski definition) is 8. The number of rotatable bonds is 6. The lowest BCUT2D eigenvalue weighted by Gasteiger charge is -2.29. The number of amides is 2. The van der Waals surface area contributed by atoms with Crippen molar-refractivity contribution in [1.29, 1.82) is 0 Å². The molecule has 0 radical (unpaired) electrons. The molecule has 2 fully saturated rings. The first-order valence-corrected chi connectivity index (χ1v) is 12.1. The fourth-order valence-electron chi connectivity index (χ4n) is 4.60. The van der Waals surface area contributed by atoms with Crippen LogP contribution in [0.15, 0.2) is 41.1 Å². The Morgan fingerprint density at radius 2 is 1.80 bits per heavy atom. The van der Waals surface area contributed by atoms with E-state index in [2.05, 4.69) is 20.4 Å². The number of carbonyl (C=O) groups excluding carboxylic acids is 2. The van der Waals surface area contributed by atoms with Crippen LogP contribution in [-0.4, -0.2) is 74.4 Å². The van der Waals surface area contributed by atoms with E-state index < -0.39 is 6.04 Å². The summed E-state index contributed by atoms with van der Waals surface area (Å²) in [6.45, 7) is 4.15. The Labute approximate surface area is 203 Å². The van der Waals surface area contributed by atoms with Crippen molar-refractivity contribution >= 4 is 17.8 Å².